The molecule has 0 atom stereocenters. The highest BCUT2D eigenvalue weighted by Gasteiger charge is 2.16. The molecule has 0 aromatic heterocycles. The average molecular weight is 213 g/mol. The highest BCUT2D eigenvalue weighted by molar-refractivity contribution is 6.17. The Morgan fingerprint density at radius 3 is 2.29 bits per heavy atom. The van der Waals surface area contributed by atoms with E-state index in [4.69, 9.17) is 11.6 Å². The Morgan fingerprint density at radius 1 is 1.29 bits per heavy atom. The van der Waals surface area contributed by atoms with Crippen molar-refractivity contribution in [2.75, 3.05) is 0 Å². The standard InChI is InChI=1S/C12H17ClO/c1-8-5-10(12(2,3)4)6-9(7-13)11(8)14/h5-6,14H,7H2,1-4H3. The van der Waals surface area contributed by atoms with Gasteiger partial charge in [-0.15, -0.1) is 11.6 Å². The summed E-state index contributed by atoms with van der Waals surface area (Å²) in [5, 5.41) is 9.70. The Morgan fingerprint density at radius 2 is 1.86 bits per heavy atom. The Hall–Kier alpha value is -0.690. The predicted molar refractivity (Wildman–Crippen MR) is 61.1 cm³/mol. The number of halogens is 1. The lowest BCUT2D eigenvalue weighted by Gasteiger charge is -2.21. The van der Waals surface area contributed by atoms with Crippen molar-refractivity contribution in [1.82, 2.24) is 0 Å². The van der Waals surface area contributed by atoms with Crippen molar-refractivity contribution in [3.63, 3.8) is 0 Å². The molecule has 14 heavy (non-hydrogen) atoms. The van der Waals surface area contributed by atoms with Crippen molar-refractivity contribution in [2.45, 2.75) is 39.0 Å². The molecule has 0 amide bonds. The number of aromatic hydroxyl groups is 1. The number of alkyl halides is 1. The van der Waals surface area contributed by atoms with Gasteiger partial charge in [-0.3, -0.25) is 0 Å². The molecule has 1 nitrogen and oxygen atoms in total. The van der Waals surface area contributed by atoms with E-state index in [-0.39, 0.29) is 5.41 Å². The summed E-state index contributed by atoms with van der Waals surface area (Å²) < 4.78 is 0. The van der Waals surface area contributed by atoms with E-state index in [0.29, 0.717) is 11.6 Å². The van der Waals surface area contributed by atoms with Crippen LogP contribution in [0, 0.1) is 6.92 Å². The van der Waals surface area contributed by atoms with Crippen LogP contribution in [-0.4, -0.2) is 5.11 Å². The second kappa shape index (κ2) is 3.82. The van der Waals surface area contributed by atoms with Crippen LogP contribution in [0.4, 0.5) is 0 Å². The first kappa shape index (κ1) is 11.4. The van der Waals surface area contributed by atoms with Crippen molar-refractivity contribution >= 4 is 11.6 Å². The van der Waals surface area contributed by atoms with E-state index in [1.165, 1.54) is 5.56 Å². The molecule has 0 spiro atoms. The van der Waals surface area contributed by atoms with Gasteiger partial charge in [-0.25, -0.2) is 0 Å². The molecule has 0 heterocycles. The van der Waals surface area contributed by atoms with Gasteiger partial charge in [0.15, 0.2) is 0 Å². The average Bonchev–Trinajstić information content (AvgIpc) is 2.07. The summed E-state index contributed by atoms with van der Waals surface area (Å²) in [5.41, 5.74) is 3.02. The SMILES string of the molecule is Cc1cc(C(C)(C)C)cc(CCl)c1O. The first-order valence-electron chi connectivity index (χ1n) is 4.75. The van der Waals surface area contributed by atoms with Crippen molar-refractivity contribution < 1.29 is 5.11 Å². The minimum absolute atomic E-state index is 0.0965. The lowest BCUT2D eigenvalue weighted by atomic mass is 9.85. The molecular weight excluding hydrogens is 196 g/mol. The number of aryl methyl sites for hydroxylation is 1. The number of rotatable bonds is 1. The molecule has 0 bridgehead atoms. The number of benzene rings is 1. The second-order valence-corrected chi connectivity index (χ2v) is 4.95. The molecule has 2 heteroatoms. The Bertz CT molecular complexity index is 337. The maximum absolute atomic E-state index is 9.70. The number of hydrogen-bond donors (Lipinski definition) is 1. The summed E-state index contributed by atoms with van der Waals surface area (Å²) in [5.74, 6) is 0.685. The Balaban J connectivity index is 3.30. The van der Waals surface area contributed by atoms with Crippen LogP contribution in [0.25, 0.3) is 0 Å². The van der Waals surface area contributed by atoms with E-state index in [2.05, 4.69) is 20.8 Å². The quantitative estimate of drug-likeness (QED) is 0.704. The van der Waals surface area contributed by atoms with Gasteiger partial charge in [0.1, 0.15) is 5.75 Å². The number of hydrogen-bond acceptors (Lipinski definition) is 1. The molecule has 1 N–H and O–H groups in total. The third-order valence-corrected chi connectivity index (χ3v) is 2.68. The Labute approximate surface area is 90.7 Å². The van der Waals surface area contributed by atoms with Crippen LogP contribution in [0.5, 0.6) is 5.75 Å². The van der Waals surface area contributed by atoms with Crippen LogP contribution in [0.15, 0.2) is 12.1 Å². The smallest absolute Gasteiger partial charge is 0.122 e. The molecule has 0 aliphatic rings. The van der Waals surface area contributed by atoms with E-state index in [1.807, 2.05) is 19.1 Å². The van der Waals surface area contributed by atoms with Crippen molar-refractivity contribution in [2.24, 2.45) is 0 Å². The molecule has 0 fully saturated rings. The van der Waals surface area contributed by atoms with Crippen LogP contribution < -0.4 is 0 Å². The van der Waals surface area contributed by atoms with Gasteiger partial charge in [-0.2, -0.15) is 0 Å². The van der Waals surface area contributed by atoms with Gasteiger partial charge in [0.25, 0.3) is 0 Å². The van der Waals surface area contributed by atoms with Crippen molar-refractivity contribution in [3.05, 3.63) is 28.8 Å². The summed E-state index contributed by atoms with van der Waals surface area (Å²) in [6.45, 7) is 8.35. The maximum atomic E-state index is 9.70. The monoisotopic (exact) mass is 212 g/mol. The van der Waals surface area contributed by atoms with Crippen LogP contribution in [0.1, 0.15) is 37.5 Å². The normalized spacial score (nSPS) is 11.8. The molecule has 0 saturated carbocycles. The topological polar surface area (TPSA) is 20.2 Å². The van der Waals surface area contributed by atoms with E-state index in [1.54, 1.807) is 0 Å². The van der Waals surface area contributed by atoms with Crippen LogP contribution >= 0.6 is 11.6 Å². The van der Waals surface area contributed by atoms with Gasteiger partial charge < -0.3 is 5.11 Å². The molecule has 0 radical (unpaired) electrons. The third-order valence-electron chi connectivity index (χ3n) is 2.39. The van der Waals surface area contributed by atoms with E-state index in [9.17, 15) is 5.11 Å². The molecule has 1 aromatic carbocycles. The molecule has 0 saturated heterocycles. The lowest BCUT2D eigenvalue weighted by molar-refractivity contribution is 0.464. The zero-order valence-corrected chi connectivity index (χ0v) is 9.94. The maximum Gasteiger partial charge on any atom is 0.122 e. The summed E-state index contributed by atoms with van der Waals surface area (Å²) in [4.78, 5) is 0. The van der Waals surface area contributed by atoms with Gasteiger partial charge in [0.2, 0.25) is 0 Å². The molecule has 1 rings (SSSR count). The van der Waals surface area contributed by atoms with Crippen molar-refractivity contribution in [1.29, 1.82) is 0 Å². The van der Waals surface area contributed by atoms with Gasteiger partial charge in [0, 0.05) is 5.56 Å². The second-order valence-electron chi connectivity index (χ2n) is 4.68. The van der Waals surface area contributed by atoms with Gasteiger partial charge >= 0.3 is 0 Å². The molecule has 0 unspecified atom stereocenters. The van der Waals surface area contributed by atoms with Crippen molar-refractivity contribution in [3.8, 4) is 5.75 Å². The van der Waals surface area contributed by atoms with E-state index < -0.39 is 0 Å². The molecule has 0 aliphatic heterocycles. The zero-order chi connectivity index (χ0) is 10.9. The molecular formula is C12H17ClO. The highest BCUT2D eigenvalue weighted by Crippen LogP contribution is 2.31. The Kier molecular flexibility index (Phi) is 3.10. The summed E-state index contributed by atoms with van der Waals surface area (Å²) >= 11 is 5.77. The summed E-state index contributed by atoms with van der Waals surface area (Å²) in [7, 11) is 0. The predicted octanol–water partition coefficient (Wildman–Crippen LogP) is 3.74. The van der Waals surface area contributed by atoms with Crippen LogP contribution in [0.2, 0.25) is 0 Å². The first-order valence-corrected chi connectivity index (χ1v) is 5.28. The first-order chi connectivity index (χ1) is 6.36. The van der Waals surface area contributed by atoms with Crippen LogP contribution in [0.3, 0.4) is 0 Å². The fourth-order valence-electron chi connectivity index (χ4n) is 1.39. The molecule has 78 valence electrons. The van der Waals surface area contributed by atoms with Gasteiger partial charge in [-0.05, 0) is 23.5 Å². The minimum Gasteiger partial charge on any atom is -0.507 e. The molecule has 0 aliphatic carbocycles. The summed E-state index contributed by atoms with van der Waals surface area (Å²) in [6, 6.07) is 4.00. The minimum atomic E-state index is 0.0965. The number of phenols is 1. The van der Waals surface area contributed by atoms with E-state index >= 15 is 0 Å². The van der Waals surface area contributed by atoms with Gasteiger partial charge in [-0.1, -0.05) is 32.9 Å². The lowest BCUT2D eigenvalue weighted by Crippen LogP contribution is -2.11. The zero-order valence-electron chi connectivity index (χ0n) is 9.19. The van der Waals surface area contributed by atoms with Gasteiger partial charge in [0.05, 0.1) is 5.88 Å². The largest absolute Gasteiger partial charge is 0.507 e. The van der Waals surface area contributed by atoms with Crippen LogP contribution in [-0.2, 0) is 11.3 Å². The highest BCUT2D eigenvalue weighted by atomic mass is 35.5. The summed E-state index contributed by atoms with van der Waals surface area (Å²) in [6.07, 6.45) is 0. The fraction of sp³-hybridized carbons (Fsp3) is 0.500. The third kappa shape index (κ3) is 2.21. The fourth-order valence-corrected chi connectivity index (χ4v) is 1.59. The van der Waals surface area contributed by atoms with E-state index in [0.717, 1.165) is 11.1 Å². The number of phenolic OH excluding ortho intramolecular Hbond substituents is 1. The molecule has 1 aromatic rings.